The normalized spacial score (nSPS) is 10.2. The summed E-state index contributed by atoms with van der Waals surface area (Å²) in [5.74, 6) is -0.714. The second kappa shape index (κ2) is 6.69. The van der Waals surface area contributed by atoms with E-state index in [0.29, 0.717) is 17.9 Å². The number of ether oxygens (including phenoxy) is 1. The highest BCUT2D eigenvalue weighted by molar-refractivity contribution is 6.00. The fraction of sp³-hybridized carbons (Fsp3) is 0.267. The fourth-order valence-electron chi connectivity index (χ4n) is 1.95. The Morgan fingerprint density at radius 1 is 1.29 bits per heavy atom. The molecule has 0 unspecified atom stereocenters. The van der Waals surface area contributed by atoms with Crippen LogP contribution in [-0.4, -0.2) is 47.2 Å². The van der Waals surface area contributed by atoms with Crippen molar-refractivity contribution in [1.29, 1.82) is 0 Å². The zero-order valence-electron chi connectivity index (χ0n) is 12.0. The molecule has 1 heterocycles. The molecule has 0 atom stereocenters. The van der Waals surface area contributed by atoms with Gasteiger partial charge in [0.2, 0.25) is 0 Å². The number of carbonyl (C=O) groups is 2. The van der Waals surface area contributed by atoms with Crippen molar-refractivity contribution >= 4 is 11.9 Å². The molecule has 110 valence electrons. The fourth-order valence-corrected chi connectivity index (χ4v) is 1.95. The number of amides is 1. The highest BCUT2D eigenvalue weighted by Crippen LogP contribution is 2.21. The van der Waals surface area contributed by atoms with E-state index in [1.807, 2.05) is 30.3 Å². The number of nitrogens with one attached hydrogen (secondary N) is 1. The smallest absolute Gasteiger partial charge is 0.325 e. The average molecular weight is 287 g/mol. The summed E-state index contributed by atoms with van der Waals surface area (Å²) in [5, 5.41) is 6.75. The molecule has 2 rings (SSSR count). The number of rotatable bonds is 5. The van der Waals surface area contributed by atoms with Crippen molar-refractivity contribution in [3.63, 3.8) is 0 Å². The topological polar surface area (TPSA) is 75.3 Å². The summed E-state index contributed by atoms with van der Waals surface area (Å²) < 4.78 is 4.84. The number of nitrogens with zero attached hydrogens (tertiary/aromatic N) is 2. The first-order valence-electron chi connectivity index (χ1n) is 6.63. The predicted octanol–water partition coefficient (Wildman–Crippen LogP) is 1.71. The van der Waals surface area contributed by atoms with Gasteiger partial charge in [0, 0.05) is 12.6 Å². The van der Waals surface area contributed by atoms with Crippen LogP contribution in [0.1, 0.15) is 17.3 Å². The van der Waals surface area contributed by atoms with Crippen molar-refractivity contribution in [3.8, 4) is 11.3 Å². The predicted molar refractivity (Wildman–Crippen MR) is 77.6 cm³/mol. The van der Waals surface area contributed by atoms with Gasteiger partial charge < -0.3 is 9.64 Å². The highest BCUT2D eigenvalue weighted by atomic mass is 16.5. The number of aromatic amines is 1. The van der Waals surface area contributed by atoms with E-state index in [1.54, 1.807) is 14.0 Å². The lowest BCUT2D eigenvalue weighted by Gasteiger charge is -2.16. The summed E-state index contributed by atoms with van der Waals surface area (Å²) in [5.41, 5.74) is 1.92. The van der Waals surface area contributed by atoms with E-state index in [-0.39, 0.29) is 12.5 Å². The van der Waals surface area contributed by atoms with Gasteiger partial charge in [0.1, 0.15) is 6.54 Å². The summed E-state index contributed by atoms with van der Waals surface area (Å²) in [6, 6.07) is 9.43. The molecule has 2 aromatic rings. The third-order valence-corrected chi connectivity index (χ3v) is 2.95. The summed E-state index contributed by atoms with van der Waals surface area (Å²) in [4.78, 5) is 25.2. The SMILES string of the molecule is CCOC(=O)CN(C)C(=O)c1cn[nH]c1-c1ccccc1. The van der Waals surface area contributed by atoms with E-state index in [2.05, 4.69) is 10.2 Å². The van der Waals surface area contributed by atoms with Gasteiger partial charge in [0.05, 0.1) is 24.1 Å². The summed E-state index contributed by atoms with van der Waals surface area (Å²) >= 11 is 0. The molecular weight excluding hydrogens is 270 g/mol. The Balaban J connectivity index is 2.17. The van der Waals surface area contributed by atoms with Gasteiger partial charge in [-0.15, -0.1) is 0 Å². The lowest BCUT2D eigenvalue weighted by Crippen LogP contribution is -2.33. The van der Waals surface area contributed by atoms with Crippen molar-refractivity contribution in [3.05, 3.63) is 42.1 Å². The van der Waals surface area contributed by atoms with Crippen LogP contribution < -0.4 is 0 Å². The van der Waals surface area contributed by atoms with Gasteiger partial charge in [-0.1, -0.05) is 30.3 Å². The molecular formula is C15H17N3O3. The first-order chi connectivity index (χ1) is 10.1. The van der Waals surface area contributed by atoms with Crippen LogP contribution in [0.4, 0.5) is 0 Å². The molecule has 0 spiro atoms. The molecule has 1 aromatic heterocycles. The number of carbonyl (C=O) groups excluding carboxylic acids is 2. The van der Waals surface area contributed by atoms with E-state index in [9.17, 15) is 9.59 Å². The van der Waals surface area contributed by atoms with Crippen LogP contribution >= 0.6 is 0 Å². The molecule has 21 heavy (non-hydrogen) atoms. The number of aromatic nitrogens is 2. The van der Waals surface area contributed by atoms with Gasteiger partial charge in [-0.25, -0.2) is 0 Å². The van der Waals surface area contributed by atoms with E-state index in [4.69, 9.17) is 4.74 Å². The van der Waals surface area contributed by atoms with Crippen LogP contribution in [0.2, 0.25) is 0 Å². The van der Waals surface area contributed by atoms with E-state index < -0.39 is 5.97 Å². The summed E-state index contributed by atoms with van der Waals surface area (Å²) in [6.45, 7) is 1.93. The van der Waals surface area contributed by atoms with Gasteiger partial charge in [-0.3, -0.25) is 14.7 Å². The minimum Gasteiger partial charge on any atom is -0.465 e. The maximum atomic E-state index is 12.4. The Morgan fingerprint density at radius 2 is 2.00 bits per heavy atom. The number of likely N-dealkylation sites (N-methyl/N-ethyl adjacent to an activating group) is 1. The van der Waals surface area contributed by atoms with Crippen LogP contribution in [0.25, 0.3) is 11.3 Å². The maximum absolute atomic E-state index is 12.4. The number of benzene rings is 1. The number of esters is 1. The maximum Gasteiger partial charge on any atom is 0.325 e. The van der Waals surface area contributed by atoms with Crippen molar-refractivity contribution in [2.75, 3.05) is 20.2 Å². The first-order valence-corrected chi connectivity index (χ1v) is 6.63. The van der Waals surface area contributed by atoms with E-state index in [1.165, 1.54) is 11.1 Å². The van der Waals surface area contributed by atoms with Crippen LogP contribution in [-0.2, 0) is 9.53 Å². The zero-order valence-corrected chi connectivity index (χ0v) is 12.0. The van der Waals surface area contributed by atoms with E-state index >= 15 is 0 Å². The Morgan fingerprint density at radius 3 is 2.67 bits per heavy atom. The quantitative estimate of drug-likeness (QED) is 0.849. The molecule has 0 radical (unpaired) electrons. The van der Waals surface area contributed by atoms with Gasteiger partial charge in [-0.05, 0) is 6.92 Å². The second-order valence-electron chi connectivity index (χ2n) is 4.49. The molecule has 6 nitrogen and oxygen atoms in total. The molecule has 0 aliphatic carbocycles. The van der Waals surface area contributed by atoms with Crippen LogP contribution in [0.15, 0.2) is 36.5 Å². The standard InChI is InChI=1S/C15H17N3O3/c1-3-21-13(19)10-18(2)15(20)12-9-16-17-14(12)11-7-5-4-6-8-11/h4-9H,3,10H2,1-2H3,(H,16,17). The van der Waals surface area contributed by atoms with Crippen LogP contribution in [0, 0.1) is 0 Å². The molecule has 6 heteroatoms. The minimum atomic E-state index is -0.432. The molecule has 0 fully saturated rings. The monoisotopic (exact) mass is 287 g/mol. The Labute approximate surface area is 122 Å². The first kappa shape index (κ1) is 14.8. The molecule has 0 saturated heterocycles. The second-order valence-corrected chi connectivity index (χ2v) is 4.49. The molecule has 0 aliphatic heterocycles. The number of hydrogen-bond donors (Lipinski definition) is 1. The highest BCUT2D eigenvalue weighted by Gasteiger charge is 2.20. The lowest BCUT2D eigenvalue weighted by molar-refractivity contribution is -0.143. The van der Waals surface area contributed by atoms with Gasteiger partial charge in [-0.2, -0.15) is 5.10 Å². The van der Waals surface area contributed by atoms with Crippen LogP contribution in [0.5, 0.6) is 0 Å². The number of hydrogen-bond acceptors (Lipinski definition) is 4. The molecule has 0 aliphatic rings. The molecule has 0 saturated carbocycles. The third-order valence-electron chi connectivity index (χ3n) is 2.95. The molecule has 1 N–H and O–H groups in total. The molecule has 0 bridgehead atoms. The summed E-state index contributed by atoms with van der Waals surface area (Å²) in [6.07, 6.45) is 1.46. The zero-order chi connectivity index (χ0) is 15.2. The van der Waals surface area contributed by atoms with Gasteiger partial charge >= 0.3 is 5.97 Å². The third kappa shape index (κ3) is 3.47. The lowest BCUT2D eigenvalue weighted by atomic mass is 10.1. The average Bonchev–Trinajstić information content (AvgIpc) is 2.96. The summed E-state index contributed by atoms with van der Waals surface area (Å²) in [7, 11) is 1.56. The van der Waals surface area contributed by atoms with Gasteiger partial charge in [0.25, 0.3) is 5.91 Å². The largest absolute Gasteiger partial charge is 0.465 e. The van der Waals surface area contributed by atoms with Crippen molar-refractivity contribution in [2.24, 2.45) is 0 Å². The Bertz CT molecular complexity index is 622. The van der Waals surface area contributed by atoms with Crippen LogP contribution in [0.3, 0.4) is 0 Å². The van der Waals surface area contributed by atoms with E-state index in [0.717, 1.165) is 5.56 Å². The molecule has 1 aromatic carbocycles. The van der Waals surface area contributed by atoms with Crippen molar-refractivity contribution in [2.45, 2.75) is 6.92 Å². The number of H-pyrrole nitrogens is 1. The van der Waals surface area contributed by atoms with Crippen molar-refractivity contribution in [1.82, 2.24) is 15.1 Å². The van der Waals surface area contributed by atoms with Gasteiger partial charge in [0.15, 0.2) is 0 Å². The molecule has 1 amide bonds. The Kier molecular flexibility index (Phi) is 4.71. The Hall–Kier alpha value is -2.63. The minimum absolute atomic E-state index is 0.0912. The van der Waals surface area contributed by atoms with Crippen molar-refractivity contribution < 1.29 is 14.3 Å².